The normalized spacial score (nSPS) is 11.0. The van der Waals surface area contributed by atoms with Crippen molar-refractivity contribution < 1.29 is 4.79 Å². The summed E-state index contributed by atoms with van der Waals surface area (Å²) in [6.45, 7) is 0.372. The zero-order valence-electron chi connectivity index (χ0n) is 12.2. The molecule has 24 heavy (non-hydrogen) atoms. The fourth-order valence-corrected chi connectivity index (χ4v) is 3.47. The van der Waals surface area contributed by atoms with Crippen molar-refractivity contribution in [2.45, 2.75) is 11.7 Å². The van der Waals surface area contributed by atoms with Gasteiger partial charge in [-0.1, -0.05) is 64.8 Å². The number of rotatable bonds is 5. The minimum atomic E-state index is -0.134. The van der Waals surface area contributed by atoms with Crippen LogP contribution in [-0.2, 0) is 11.3 Å². The molecular formula is C15H11Cl3N4OS. The average Bonchev–Trinajstić information content (AvgIpc) is 2.95. The number of halogens is 3. The van der Waals surface area contributed by atoms with E-state index < -0.39 is 0 Å². The Bertz CT molecular complexity index is 900. The summed E-state index contributed by atoms with van der Waals surface area (Å²) in [6.07, 6.45) is 1.66. The van der Waals surface area contributed by atoms with Gasteiger partial charge >= 0.3 is 0 Å². The quantitative estimate of drug-likeness (QED) is 0.654. The van der Waals surface area contributed by atoms with Crippen LogP contribution in [0.4, 0.5) is 0 Å². The summed E-state index contributed by atoms with van der Waals surface area (Å²) in [7, 11) is 0. The first-order valence-electron chi connectivity index (χ1n) is 6.87. The second-order valence-corrected chi connectivity index (χ2v) is 7.03. The highest BCUT2D eigenvalue weighted by Gasteiger charge is 2.12. The van der Waals surface area contributed by atoms with Crippen LogP contribution < -0.4 is 5.32 Å². The van der Waals surface area contributed by atoms with Crippen LogP contribution in [0.5, 0.6) is 0 Å². The van der Waals surface area contributed by atoms with Gasteiger partial charge < -0.3 is 5.32 Å². The molecule has 2 heterocycles. The van der Waals surface area contributed by atoms with Gasteiger partial charge in [-0.3, -0.25) is 9.20 Å². The first kappa shape index (κ1) is 17.4. The van der Waals surface area contributed by atoms with Crippen LogP contribution in [0.1, 0.15) is 5.56 Å². The first-order chi connectivity index (χ1) is 11.5. The van der Waals surface area contributed by atoms with E-state index in [1.165, 1.54) is 11.8 Å². The lowest BCUT2D eigenvalue weighted by Gasteiger charge is -2.06. The van der Waals surface area contributed by atoms with Crippen LogP contribution >= 0.6 is 46.6 Å². The zero-order chi connectivity index (χ0) is 17.1. The van der Waals surface area contributed by atoms with E-state index >= 15 is 0 Å². The Morgan fingerprint density at radius 2 is 1.96 bits per heavy atom. The second kappa shape index (κ2) is 7.61. The van der Waals surface area contributed by atoms with E-state index in [0.717, 1.165) is 5.56 Å². The minimum absolute atomic E-state index is 0.134. The predicted molar refractivity (Wildman–Crippen MR) is 97.0 cm³/mol. The molecular weight excluding hydrogens is 391 g/mol. The smallest absolute Gasteiger partial charge is 0.230 e. The van der Waals surface area contributed by atoms with Crippen molar-refractivity contribution in [3.63, 3.8) is 0 Å². The fourth-order valence-electron chi connectivity index (χ4n) is 2.02. The SMILES string of the molecule is O=C(CSc1nnc2c(Cl)cc(Cl)cn12)NCc1ccccc1Cl. The largest absolute Gasteiger partial charge is 0.351 e. The Kier molecular flexibility index (Phi) is 5.50. The molecule has 1 N–H and O–H groups in total. The van der Waals surface area contributed by atoms with Crippen molar-refractivity contribution in [1.82, 2.24) is 19.9 Å². The highest BCUT2D eigenvalue weighted by molar-refractivity contribution is 7.99. The van der Waals surface area contributed by atoms with Crippen molar-refractivity contribution in [1.29, 1.82) is 0 Å². The molecule has 0 saturated heterocycles. The lowest BCUT2D eigenvalue weighted by Crippen LogP contribution is -2.24. The van der Waals surface area contributed by atoms with Crippen LogP contribution in [0.15, 0.2) is 41.7 Å². The Morgan fingerprint density at radius 1 is 1.17 bits per heavy atom. The molecule has 1 amide bonds. The third-order valence-electron chi connectivity index (χ3n) is 3.16. The molecule has 0 aliphatic carbocycles. The van der Waals surface area contributed by atoms with Gasteiger partial charge in [0.2, 0.25) is 5.91 Å². The third-order valence-corrected chi connectivity index (χ3v) is 4.96. The topological polar surface area (TPSA) is 59.3 Å². The van der Waals surface area contributed by atoms with Gasteiger partial charge in [-0.2, -0.15) is 0 Å². The van der Waals surface area contributed by atoms with Gasteiger partial charge in [-0.05, 0) is 17.7 Å². The Hall–Kier alpha value is -1.47. The Labute approximate surface area is 157 Å². The number of hydrogen-bond acceptors (Lipinski definition) is 4. The van der Waals surface area contributed by atoms with Gasteiger partial charge in [-0.25, -0.2) is 0 Å². The lowest BCUT2D eigenvalue weighted by molar-refractivity contribution is -0.118. The van der Waals surface area contributed by atoms with Crippen LogP contribution in [0, 0.1) is 0 Å². The average molecular weight is 402 g/mol. The summed E-state index contributed by atoms with van der Waals surface area (Å²) in [5.74, 6) is 0.0554. The van der Waals surface area contributed by atoms with Gasteiger partial charge in [0.15, 0.2) is 10.8 Å². The molecule has 3 rings (SSSR count). The van der Waals surface area contributed by atoms with Gasteiger partial charge in [0.25, 0.3) is 0 Å². The minimum Gasteiger partial charge on any atom is -0.351 e. The van der Waals surface area contributed by atoms with Gasteiger partial charge in [0.1, 0.15) is 0 Å². The van der Waals surface area contributed by atoms with Crippen molar-refractivity contribution in [2.75, 3.05) is 5.75 Å². The highest BCUT2D eigenvalue weighted by atomic mass is 35.5. The summed E-state index contributed by atoms with van der Waals surface area (Å²) in [5.41, 5.74) is 1.36. The molecule has 9 heteroatoms. The highest BCUT2D eigenvalue weighted by Crippen LogP contribution is 2.25. The molecule has 0 atom stereocenters. The molecule has 0 bridgehead atoms. The van der Waals surface area contributed by atoms with Gasteiger partial charge in [0.05, 0.1) is 15.8 Å². The number of fused-ring (bicyclic) bond motifs is 1. The van der Waals surface area contributed by atoms with Crippen molar-refractivity contribution >= 4 is 58.1 Å². The maximum absolute atomic E-state index is 12.0. The number of hydrogen-bond donors (Lipinski definition) is 1. The molecule has 124 valence electrons. The van der Waals surface area contributed by atoms with E-state index in [-0.39, 0.29) is 11.7 Å². The maximum atomic E-state index is 12.0. The molecule has 3 aromatic rings. The zero-order valence-corrected chi connectivity index (χ0v) is 15.3. The number of thioether (sulfide) groups is 1. The number of amides is 1. The lowest BCUT2D eigenvalue weighted by atomic mass is 10.2. The van der Waals surface area contributed by atoms with Crippen LogP contribution in [0.3, 0.4) is 0 Å². The standard InChI is InChI=1S/C15H11Cl3N4OS/c16-10-5-12(18)14-20-21-15(22(14)7-10)24-8-13(23)19-6-9-3-1-2-4-11(9)17/h1-5,7H,6,8H2,(H,19,23). The van der Waals surface area contributed by atoms with E-state index in [1.54, 1.807) is 22.7 Å². The third kappa shape index (κ3) is 3.95. The number of pyridine rings is 1. The summed E-state index contributed by atoms with van der Waals surface area (Å²) in [5, 5.41) is 12.9. The molecule has 0 aliphatic heterocycles. The summed E-state index contributed by atoms with van der Waals surface area (Å²) in [4.78, 5) is 12.0. The van der Waals surface area contributed by atoms with Crippen LogP contribution in [-0.4, -0.2) is 26.3 Å². The molecule has 1 aromatic carbocycles. The van der Waals surface area contributed by atoms with Crippen molar-refractivity contribution in [3.8, 4) is 0 Å². The Morgan fingerprint density at radius 3 is 2.75 bits per heavy atom. The van der Waals surface area contributed by atoms with E-state index in [2.05, 4.69) is 15.5 Å². The molecule has 0 aliphatic rings. The van der Waals surface area contributed by atoms with Crippen LogP contribution in [0.2, 0.25) is 15.1 Å². The Balaban J connectivity index is 1.62. The van der Waals surface area contributed by atoms with E-state index in [4.69, 9.17) is 34.8 Å². The van der Waals surface area contributed by atoms with E-state index in [0.29, 0.717) is 32.4 Å². The second-order valence-electron chi connectivity index (χ2n) is 4.84. The molecule has 5 nitrogen and oxygen atoms in total. The summed E-state index contributed by atoms with van der Waals surface area (Å²) >= 11 is 19.4. The number of aromatic nitrogens is 3. The van der Waals surface area contributed by atoms with Gasteiger partial charge in [0, 0.05) is 17.8 Å². The predicted octanol–water partition coefficient (Wildman–Crippen LogP) is 4.10. The summed E-state index contributed by atoms with van der Waals surface area (Å²) < 4.78 is 1.66. The number of carbonyl (C=O) groups is 1. The van der Waals surface area contributed by atoms with Crippen molar-refractivity contribution in [2.24, 2.45) is 0 Å². The molecule has 2 aromatic heterocycles. The van der Waals surface area contributed by atoms with E-state index in [9.17, 15) is 4.79 Å². The fraction of sp³-hybridized carbons (Fsp3) is 0.133. The number of nitrogens with zero attached hydrogens (tertiary/aromatic N) is 3. The van der Waals surface area contributed by atoms with Crippen LogP contribution in [0.25, 0.3) is 5.65 Å². The number of nitrogens with one attached hydrogen (secondary N) is 1. The molecule has 0 unspecified atom stereocenters. The molecule has 0 saturated carbocycles. The number of benzene rings is 1. The summed E-state index contributed by atoms with van der Waals surface area (Å²) in [6, 6.07) is 8.96. The maximum Gasteiger partial charge on any atom is 0.230 e. The molecule has 0 fully saturated rings. The monoisotopic (exact) mass is 400 g/mol. The first-order valence-corrected chi connectivity index (χ1v) is 8.99. The molecule has 0 spiro atoms. The van der Waals surface area contributed by atoms with Crippen molar-refractivity contribution in [3.05, 3.63) is 57.2 Å². The number of carbonyl (C=O) groups excluding carboxylic acids is 1. The van der Waals surface area contributed by atoms with E-state index in [1.807, 2.05) is 18.2 Å². The van der Waals surface area contributed by atoms with Gasteiger partial charge in [-0.15, -0.1) is 10.2 Å². The molecule has 0 radical (unpaired) electrons.